The smallest absolute Gasteiger partial charge is 0.309 e. The number of piperidine rings is 4. The van der Waals surface area contributed by atoms with E-state index in [9.17, 15) is 34.8 Å². The molecule has 12 aliphatic rings. The lowest BCUT2D eigenvalue weighted by Crippen LogP contribution is -2.59. The maximum absolute atomic E-state index is 11.7. The van der Waals surface area contributed by atoms with E-state index in [0.717, 1.165) is 275 Å². The summed E-state index contributed by atoms with van der Waals surface area (Å²) in [6, 6.07) is 25.8. The minimum Gasteiger partial charge on any atom is -0.481 e. The van der Waals surface area contributed by atoms with Crippen LogP contribution in [-0.2, 0) is 33.8 Å². The summed E-state index contributed by atoms with van der Waals surface area (Å²) in [6.07, 6.45) is 21.8. The highest BCUT2D eigenvalue weighted by Crippen LogP contribution is 2.51. The molecule has 766 valence electrons. The number of hydrogen-bond acceptors (Lipinski definition) is 24. The van der Waals surface area contributed by atoms with Crippen molar-refractivity contribution in [2.45, 2.75) is 241 Å². The van der Waals surface area contributed by atoms with E-state index in [2.05, 4.69) is 135 Å². The first-order valence-corrected chi connectivity index (χ1v) is 54.3. The van der Waals surface area contributed by atoms with Gasteiger partial charge in [-0.2, -0.15) is 19.9 Å². The Kier molecular flexibility index (Phi) is 33.3. The van der Waals surface area contributed by atoms with Gasteiger partial charge in [-0.1, -0.05) is 125 Å². The van der Waals surface area contributed by atoms with Crippen molar-refractivity contribution in [3.8, 4) is 0 Å². The number of likely N-dealkylation sites (tertiary alicyclic amines) is 4. The van der Waals surface area contributed by atoms with Gasteiger partial charge in [0.1, 0.15) is 21.7 Å². The van der Waals surface area contributed by atoms with Gasteiger partial charge in [0.2, 0.25) is 23.8 Å². The van der Waals surface area contributed by atoms with Crippen LogP contribution >= 0.6 is 69.6 Å². The van der Waals surface area contributed by atoms with Crippen molar-refractivity contribution < 1.29 is 34.8 Å². The van der Waals surface area contributed by atoms with Crippen molar-refractivity contribution in [3.63, 3.8) is 0 Å². The number of carboxylic acid groups (broad SMARTS) is 3. The first-order chi connectivity index (χ1) is 67.9. The molecule has 0 unspecified atom stereocenters. The van der Waals surface area contributed by atoms with Gasteiger partial charge < -0.3 is 80.9 Å². The van der Waals surface area contributed by atoms with Crippen LogP contribution in [0.25, 0.3) is 0 Å². The molecule has 4 aromatic carbocycles. The minimum absolute atomic E-state index is 0.0285. The van der Waals surface area contributed by atoms with Crippen molar-refractivity contribution in [2.24, 2.45) is 63.6 Å². The topological polar surface area (TPSA) is 309 Å². The van der Waals surface area contributed by atoms with Gasteiger partial charge in [-0.3, -0.25) is 14.4 Å². The van der Waals surface area contributed by atoms with Crippen LogP contribution in [0.5, 0.6) is 0 Å². The molecule has 20 rings (SSSR count). The molecule has 33 heteroatoms. The second-order valence-electron chi connectivity index (χ2n) is 44.2. The third-order valence-corrected chi connectivity index (χ3v) is 35.8. The summed E-state index contributed by atoms with van der Waals surface area (Å²) in [5, 5.41) is 55.8. The summed E-state index contributed by atoms with van der Waals surface area (Å²) in [6.45, 7) is 42.5. The number of aliphatic hydroxyl groups excluding tert-OH is 1. The number of aliphatic carboxylic acids is 3. The Hall–Kier alpha value is -8.45. The molecule has 142 heavy (non-hydrogen) atoms. The summed E-state index contributed by atoms with van der Waals surface area (Å²) in [5.74, 6) is 9.46. The highest BCUT2D eigenvalue weighted by atomic mass is 35.5. The number of β-amino-alcohol motifs (C(OH)–C–C–N with tert-alkyl or cyclic N) is 1. The Morgan fingerprint density at radius 2 is 0.796 bits per heavy atom. The number of aromatic nitrogens is 8. The number of anilines is 8. The molecule has 0 amide bonds. The summed E-state index contributed by atoms with van der Waals surface area (Å²) in [4.78, 5) is 92.1. The SMILES string of the molecule is CCC1(C(=O)O)CC(N2CCC[C@H](C3CN(c4ncc(Cl)c(N[C@H](C)c5ccc(C)cc5Cl)n4)C3)C2)C1.Cc1ccc(CNc2nc(N3CC([C@H]4CCCN(C5CC(C)(C(=O)O)C5)C4)C3)ncc2Cl)c(Cl)c1.Cc1ccc([C@@H](C)Nc2nc(N3CC([C@H]4CCCN(C5CC(C)(C(=O)O)C5)C4)C3)nc(C)c2C)c(Cl)c1.Cc1ccc([C@@H](C)Nc2nc(N3CC([C@H]4CCCN(CCO)C4)C3)nc3c2CCC3)c(Cl)c1. The molecule has 27 nitrogen and oxygen atoms in total. The molecular weight excluding hydrogens is 1910 g/mol. The van der Waals surface area contributed by atoms with E-state index >= 15 is 0 Å². The van der Waals surface area contributed by atoms with Gasteiger partial charge in [0, 0.05) is 147 Å². The van der Waals surface area contributed by atoms with Crippen LogP contribution in [0.1, 0.15) is 229 Å². The number of rotatable bonds is 29. The Balaban J connectivity index is 0.000000130. The molecule has 8 aromatic rings. The molecule has 4 aliphatic carbocycles. The van der Waals surface area contributed by atoms with Gasteiger partial charge >= 0.3 is 17.9 Å². The quantitative estimate of drug-likeness (QED) is 0.0216. The standard InChI is InChI=1S/C29H40ClN5O2.C28H37Cl2N5O2.C26H33Cl2N5O2.C26H36ClN5O/c1-17-8-9-24(25(30)11-17)20(4)31-26-18(2)19(3)32-28(33-26)35-15-22(16-35)21-7-6-10-34(14-21)23-12-29(5,13-23)27(36)37;1-4-28(26(36)37)11-21(12-28)34-9-5-6-19(14-34)20-15-35(16-20)27-31-13-24(30)25(33-27)32-18(3)22-8-7-17(2)10-23(22)29;1-16-5-6-17(21(27)8-16)11-29-23-22(28)12-30-25(31-23)33-14-19(15-33)18-4-3-7-32(13-18)20-9-26(2,10-20)24(34)35;1-17-8-9-21(23(27)13-17)18(2)28-25-22-6-3-7-24(22)29-26(30-25)32-15-20(16-32)19-5-4-10-31(14-19)11-12-33/h8-9,11,20-23H,6-7,10,12-16H2,1-5H3,(H,36,37)(H,31,32,33);7-8,10,13,18-21H,4-6,9,11-12,14-16H2,1-3H3,(H,36,37)(H,31,32,33);5-6,8,12,18-20H,3-4,7,9-11,13-15H2,1-2H3,(H,34,35)(H,29,30,31);8-9,13,18-20,33H,3-7,10-12,14-16H2,1-2H3,(H,28,29,30)/t20-,21+,23?,29?;18-,19+,21?,28?;18-,20?,26?;18-,19+/m1101/s1. The maximum atomic E-state index is 11.7. The van der Waals surface area contributed by atoms with E-state index in [0.29, 0.717) is 99.7 Å². The largest absolute Gasteiger partial charge is 0.481 e. The number of nitrogens with one attached hydrogen (secondary N) is 4. The second kappa shape index (κ2) is 45.1. The molecule has 4 aromatic heterocycles. The van der Waals surface area contributed by atoms with Crippen LogP contribution < -0.4 is 40.9 Å². The van der Waals surface area contributed by atoms with Gasteiger partial charge in [-0.05, 0) is 334 Å². The van der Waals surface area contributed by atoms with E-state index in [1.54, 1.807) is 12.4 Å². The number of aliphatic hydroxyl groups is 1. The highest BCUT2D eigenvalue weighted by molar-refractivity contribution is 6.34. The fourth-order valence-corrected chi connectivity index (χ4v) is 25.9. The molecule has 0 bridgehead atoms. The average molecular weight is 2060 g/mol. The van der Waals surface area contributed by atoms with Crippen molar-refractivity contribution in [2.75, 3.05) is 159 Å². The summed E-state index contributed by atoms with van der Waals surface area (Å²) in [5.41, 5.74) is 11.7. The van der Waals surface area contributed by atoms with E-state index in [-0.39, 0.29) is 24.7 Å². The molecule has 11 fully saturated rings. The Morgan fingerprint density at radius 1 is 0.415 bits per heavy atom. The Labute approximate surface area is 868 Å². The van der Waals surface area contributed by atoms with E-state index < -0.39 is 34.2 Å². The molecule has 7 atom stereocenters. The number of fused-ring (bicyclic) bond motifs is 1. The van der Waals surface area contributed by atoms with Crippen LogP contribution in [0.2, 0.25) is 30.1 Å². The zero-order chi connectivity index (χ0) is 100. The number of nitrogens with zero attached hydrogens (tertiary/aromatic N) is 16. The number of hydrogen-bond donors (Lipinski definition) is 8. The molecular formula is C109H146Cl6N20O7. The fourth-order valence-electron chi connectivity index (χ4n) is 24.1. The predicted molar refractivity (Wildman–Crippen MR) is 571 cm³/mol. The normalized spacial score (nSPS) is 26.1. The number of halogens is 6. The van der Waals surface area contributed by atoms with Crippen LogP contribution in [0.15, 0.2) is 85.2 Å². The average Bonchev–Trinajstić information content (AvgIpc) is 0.869. The monoisotopic (exact) mass is 2060 g/mol. The van der Waals surface area contributed by atoms with Crippen molar-refractivity contribution in [3.05, 3.63) is 182 Å². The van der Waals surface area contributed by atoms with Crippen LogP contribution in [-0.4, -0.2) is 234 Å². The van der Waals surface area contributed by atoms with Gasteiger partial charge in [-0.15, -0.1) is 0 Å². The Morgan fingerprint density at radius 3 is 1.23 bits per heavy atom. The van der Waals surface area contributed by atoms with Gasteiger partial charge in [-0.25, -0.2) is 19.9 Å². The molecule has 8 saturated heterocycles. The lowest BCUT2D eigenvalue weighted by atomic mass is 9.63. The number of carbonyl (C=O) groups is 3. The van der Waals surface area contributed by atoms with Crippen LogP contribution in [0.3, 0.4) is 0 Å². The number of carboxylic acids is 3. The third-order valence-electron chi connectivity index (χ3n) is 33.9. The minimum atomic E-state index is -0.657. The summed E-state index contributed by atoms with van der Waals surface area (Å²) < 4.78 is 0. The summed E-state index contributed by atoms with van der Waals surface area (Å²) >= 11 is 38.7. The maximum Gasteiger partial charge on any atom is 0.309 e. The predicted octanol–water partition coefficient (Wildman–Crippen LogP) is 21.0. The highest BCUT2D eigenvalue weighted by Gasteiger charge is 2.54. The van der Waals surface area contributed by atoms with Crippen molar-refractivity contribution in [1.82, 2.24) is 59.5 Å². The van der Waals surface area contributed by atoms with Gasteiger partial charge in [0.15, 0.2) is 11.6 Å². The molecule has 0 radical (unpaired) electrons. The Bertz CT molecular complexity index is 5800. The number of benzene rings is 4. The van der Waals surface area contributed by atoms with Crippen molar-refractivity contribution >= 4 is 135 Å². The second-order valence-corrected chi connectivity index (χ2v) is 46.7. The zero-order valence-corrected chi connectivity index (χ0v) is 89.3. The van der Waals surface area contributed by atoms with Gasteiger partial charge in [0.25, 0.3) is 0 Å². The molecule has 8 aliphatic heterocycles. The lowest BCUT2D eigenvalue weighted by Gasteiger charge is -2.53. The van der Waals surface area contributed by atoms with Gasteiger partial charge in [0.05, 0.1) is 59.1 Å². The zero-order valence-electron chi connectivity index (χ0n) is 84.8. The number of aryl methyl sites for hydroxylation is 6. The third kappa shape index (κ3) is 23.9. The molecule has 12 heterocycles. The van der Waals surface area contributed by atoms with E-state index in [1.807, 2.05) is 90.9 Å². The molecule has 8 N–H and O–H groups in total. The molecule has 3 saturated carbocycles. The summed E-state index contributed by atoms with van der Waals surface area (Å²) in [7, 11) is 0. The first kappa shape index (κ1) is 105. The fraction of sp³-hybridized carbons (Fsp3) is 0.606. The lowest BCUT2D eigenvalue weighted by molar-refractivity contribution is -0.161. The first-order valence-electron chi connectivity index (χ1n) is 52.1. The molecule has 0 spiro atoms. The van der Waals surface area contributed by atoms with Crippen LogP contribution in [0, 0.1) is 105 Å². The van der Waals surface area contributed by atoms with E-state index in [1.165, 1.54) is 68.2 Å². The van der Waals surface area contributed by atoms with Crippen LogP contribution in [0.4, 0.5) is 47.1 Å². The van der Waals surface area contributed by atoms with E-state index in [4.69, 9.17) is 99.5 Å². The van der Waals surface area contributed by atoms with Crippen molar-refractivity contribution in [1.29, 1.82) is 0 Å².